The number of aliphatic carboxylic acids is 1. The highest BCUT2D eigenvalue weighted by atomic mass is 16.5. The molecule has 9 heteroatoms. The average Bonchev–Trinajstić information content (AvgIpc) is 2.81. The van der Waals surface area contributed by atoms with E-state index in [1.807, 2.05) is 0 Å². The van der Waals surface area contributed by atoms with Crippen LogP contribution in [0.15, 0.2) is 12.4 Å². The average molecular weight is 284 g/mol. The van der Waals surface area contributed by atoms with Crippen molar-refractivity contribution in [1.29, 1.82) is 0 Å². The molecule has 0 fully saturated rings. The van der Waals surface area contributed by atoms with Gasteiger partial charge in [-0.1, -0.05) is 0 Å². The van der Waals surface area contributed by atoms with E-state index in [4.69, 9.17) is 5.11 Å². The highest BCUT2D eigenvalue weighted by Crippen LogP contribution is 2.06. The summed E-state index contributed by atoms with van der Waals surface area (Å²) in [6.45, 7) is -0.0736. The number of methoxy groups -OCH3 is 1. The Balaban J connectivity index is 2.46. The molecule has 0 saturated heterocycles. The van der Waals surface area contributed by atoms with Crippen molar-refractivity contribution in [2.75, 3.05) is 26.0 Å². The van der Waals surface area contributed by atoms with E-state index in [0.29, 0.717) is 5.69 Å². The van der Waals surface area contributed by atoms with Gasteiger partial charge in [0.1, 0.15) is 6.54 Å². The topological polar surface area (TPSA) is 114 Å². The van der Waals surface area contributed by atoms with Crippen LogP contribution in [-0.4, -0.2) is 58.5 Å². The van der Waals surface area contributed by atoms with Gasteiger partial charge in [0.25, 0.3) is 0 Å². The smallest absolute Gasteiger partial charge is 0.325 e. The molecule has 0 saturated carbocycles. The van der Waals surface area contributed by atoms with Gasteiger partial charge in [-0.25, -0.2) is 4.79 Å². The fraction of sp³-hybridized carbons (Fsp3) is 0.455. The zero-order valence-corrected chi connectivity index (χ0v) is 11.2. The van der Waals surface area contributed by atoms with Crippen LogP contribution in [0, 0.1) is 0 Å². The fourth-order valence-electron chi connectivity index (χ4n) is 1.33. The minimum atomic E-state index is -1.03. The maximum Gasteiger partial charge on any atom is 0.325 e. The number of esters is 1. The molecule has 110 valence electrons. The highest BCUT2D eigenvalue weighted by Gasteiger charge is 2.12. The third-order valence-electron chi connectivity index (χ3n) is 2.41. The summed E-state index contributed by atoms with van der Waals surface area (Å²) in [4.78, 5) is 34.5. The van der Waals surface area contributed by atoms with Gasteiger partial charge in [0.05, 0.1) is 25.4 Å². The van der Waals surface area contributed by atoms with Crippen LogP contribution >= 0.6 is 0 Å². The van der Waals surface area contributed by atoms with Crippen LogP contribution in [0.2, 0.25) is 0 Å². The second kappa shape index (κ2) is 7.12. The maximum absolute atomic E-state index is 11.8. The molecular weight excluding hydrogens is 268 g/mol. The second-order valence-corrected chi connectivity index (χ2v) is 4.00. The molecule has 20 heavy (non-hydrogen) atoms. The highest BCUT2D eigenvalue weighted by molar-refractivity contribution is 5.89. The Morgan fingerprint density at radius 2 is 2.20 bits per heavy atom. The van der Waals surface area contributed by atoms with E-state index < -0.39 is 18.0 Å². The standard InChI is InChI=1S/C11H16N4O5/c1-14(4-3-10(18)20-2)11(19)13-8-5-12-15(6-8)7-9(16)17/h5-6H,3-4,7H2,1-2H3,(H,13,19)(H,16,17). The Morgan fingerprint density at radius 3 is 2.80 bits per heavy atom. The molecular formula is C11H16N4O5. The molecule has 0 atom stereocenters. The van der Waals surface area contributed by atoms with Crippen LogP contribution in [0.25, 0.3) is 0 Å². The van der Waals surface area contributed by atoms with Crippen molar-refractivity contribution in [3.63, 3.8) is 0 Å². The molecule has 0 aliphatic heterocycles. The monoisotopic (exact) mass is 284 g/mol. The number of rotatable bonds is 6. The van der Waals surface area contributed by atoms with Crippen molar-refractivity contribution in [2.24, 2.45) is 0 Å². The van der Waals surface area contributed by atoms with E-state index in [1.165, 1.54) is 36.1 Å². The van der Waals surface area contributed by atoms with Crippen molar-refractivity contribution in [3.05, 3.63) is 12.4 Å². The molecule has 0 aliphatic rings. The predicted octanol–water partition coefficient (Wildman–Crippen LogP) is -0.00550. The molecule has 0 aromatic carbocycles. The van der Waals surface area contributed by atoms with Gasteiger partial charge in [-0.2, -0.15) is 5.10 Å². The SMILES string of the molecule is COC(=O)CCN(C)C(=O)Nc1cnn(CC(=O)O)c1. The van der Waals surface area contributed by atoms with E-state index in [9.17, 15) is 14.4 Å². The Hall–Kier alpha value is -2.58. The van der Waals surface area contributed by atoms with Crippen molar-refractivity contribution >= 4 is 23.7 Å². The lowest BCUT2D eigenvalue weighted by atomic mass is 10.4. The van der Waals surface area contributed by atoms with Gasteiger partial charge in [-0.05, 0) is 0 Å². The fourth-order valence-corrected chi connectivity index (χ4v) is 1.33. The van der Waals surface area contributed by atoms with E-state index >= 15 is 0 Å². The number of carbonyl (C=O) groups excluding carboxylic acids is 2. The van der Waals surface area contributed by atoms with Gasteiger partial charge in [0, 0.05) is 19.8 Å². The third-order valence-corrected chi connectivity index (χ3v) is 2.41. The van der Waals surface area contributed by atoms with Gasteiger partial charge < -0.3 is 20.1 Å². The number of ether oxygens (including phenoxy) is 1. The summed E-state index contributed by atoms with van der Waals surface area (Å²) in [6, 6.07) is -0.427. The van der Waals surface area contributed by atoms with Crippen LogP contribution in [-0.2, 0) is 20.9 Å². The number of nitrogens with one attached hydrogen (secondary N) is 1. The van der Waals surface area contributed by atoms with E-state index in [2.05, 4.69) is 15.2 Å². The molecule has 1 rings (SSSR count). The van der Waals surface area contributed by atoms with Gasteiger partial charge in [0.2, 0.25) is 0 Å². The van der Waals surface area contributed by atoms with Crippen molar-refractivity contribution in [3.8, 4) is 0 Å². The first-order chi connectivity index (χ1) is 9.42. The molecule has 0 bridgehead atoms. The quantitative estimate of drug-likeness (QED) is 0.710. The number of hydrogen-bond acceptors (Lipinski definition) is 5. The van der Waals surface area contributed by atoms with E-state index in [-0.39, 0.29) is 19.5 Å². The summed E-state index contributed by atoms with van der Waals surface area (Å²) in [5.74, 6) is -1.43. The summed E-state index contributed by atoms with van der Waals surface area (Å²) >= 11 is 0. The summed E-state index contributed by atoms with van der Waals surface area (Å²) < 4.78 is 5.66. The van der Waals surface area contributed by atoms with Gasteiger partial charge >= 0.3 is 18.0 Å². The maximum atomic E-state index is 11.8. The van der Waals surface area contributed by atoms with Crippen molar-refractivity contribution in [2.45, 2.75) is 13.0 Å². The number of nitrogens with zero attached hydrogens (tertiary/aromatic N) is 3. The van der Waals surface area contributed by atoms with Crippen molar-refractivity contribution in [1.82, 2.24) is 14.7 Å². The molecule has 0 aliphatic carbocycles. The lowest BCUT2D eigenvalue weighted by molar-refractivity contribution is -0.141. The summed E-state index contributed by atoms with van der Waals surface area (Å²) in [5.41, 5.74) is 0.376. The van der Waals surface area contributed by atoms with Crippen LogP contribution in [0.1, 0.15) is 6.42 Å². The van der Waals surface area contributed by atoms with E-state index in [1.54, 1.807) is 0 Å². The minimum absolute atomic E-state index is 0.0959. The zero-order chi connectivity index (χ0) is 15.1. The molecule has 9 nitrogen and oxygen atoms in total. The molecule has 0 unspecified atom stereocenters. The first-order valence-electron chi connectivity index (χ1n) is 5.75. The molecule has 2 N–H and O–H groups in total. The molecule has 1 aromatic rings. The number of anilines is 1. The lowest BCUT2D eigenvalue weighted by Gasteiger charge is -2.16. The molecule has 0 spiro atoms. The largest absolute Gasteiger partial charge is 0.480 e. The number of carboxylic acid groups (broad SMARTS) is 1. The Labute approximate surface area is 115 Å². The first kappa shape index (κ1) is 15.5. The van der Waals surface area contributed by atoms with Gasteiger partial charge in [0.15, 0.2) is 0 Å². The Kier molecular flexibility index (Phi) is 5.51. The minimum Gasteiger partial charge on any atom is -0.480 e. The van der Waals surface area contributed by atoms with E-state index in [0.717, 1.165) is 0 Å². The van der Waals surface area contributed by atoms with Crippen molar-refractivity contribution < 1.29 is 24.2 Å². The van der Waals surface area contributed by atoms with Crippen LogP contribution in [0.5, 0.6) is 0 Å². The predicted molar refractivity (Wildman–Crippen MR) is 68.1 cm³/mol. The summed E-state index contributed by atoms with van der Waals surface area (Å²) in [5, 5.41) is 14.9. The Bertz CT molecular complexity index is 499. The van der Waals surface area contributed by atoms with Crippen LogP contribution in [0.4, 0.5) is 10.5 Å². The van der Waals surface area contributed by atoms with Gasteiger partial charge in [-0.15, -0.1) is 0 Å². The second-order valence-electron chi connectivity index (χ2n) is 4.00. The first-order valence-corrected chi connectivity index (χ1v) is 5.75. The van der Waals surface area contributed by atoms with Crippen LogP contribution in [0.3, 0.4) is 0 Å². The third kappa shape index (κ3) is 4.96. The number of hydrogen-bond donors (Lipinski definition) is 2. The zero-order valence-electron chi connectivity index (χ0n) is 11.2. The Morgan fingerprint density at radius 1 is 1.50 bits per heavy atom. The number of carbonyl (C=O) groups is 3. The molecule has 0 radical (unpaired) electrons. The lowest BCUT2D eigenvalue weighted by Crippen LogP contribution is -2.33. The van der Waals surface area contributed by atoms with Gasteiger partial charge in [-0.3, -0.25) is 14.3 Å². The number of aromatic nitrogens is 2. The number of urea groups is 1. The summed E-state index contributed by atoms with van der Waals surface area (Å²) in [7, 11) is 2.80. The summed E-state index contributed by atoms with van der Waals surface area (Å²) in [6.07, 6.45) is 2.84. The van der Waals surface area contributed by atoms with Crippen LogP contribution < -0.4 is 5.32 Å². The number of carboxylic acids is 1. The molecule has 1 aromatic heterocycles. The molecule has 2 amide bonds. The molecule has 1 heterocycles. The number of amides is 2. The normalized spacial score (nSPS) is 9.90.